The van der Waals surface area contributed by atoms with Gasteiger partial charge in [0.15, 0.2) is 0 Å². The van der Waals surface area contributed by atoms with E-state index < -0.39 is 18.3 Å². The molecule has 0 heterocycles. The summed E-state index contributed by atoms with van der Waals surface area (Å²) in [7, 11) is 0. The van der Waals surface area contributed by atoms with Gasteiger partial charge in [-0.15, -0.1) is 0 Å². The van der Waals surface area contributed by atoms with Crippen LogP contribution in [0.4, 0.5) is 9.59 Å². The smallest absolute Gasteiger partial charge is 0.407 e. The van der Waals surface area contributed by atoms with Crippen LogP contribution >= 0.6 is 0 Å². The summed E-state index contributed by atoms with van der Waals surface area (Å²) in [4.78, 5) is 45.2. The van der Waals surface area contributed by atoms with E-state index in [1.807, 2.05) is 13.8 Å². The number of nitrogens with one attached hydrogen (secondary N) is 3. The maximum absolute atomic E-state index is 11.8. The predicted molar refractivity (Wildman–Crippen MR) is 131 cm³/mol. The fourth-order valence-corrected chi connectivity index (χ4v) is 2.24. The van der Waals surface area contributed by atoms with Gasteiger partial charge < -0.3 is 39.7 Å². The first-order chi connectivity index (χ1) is 15.5. The summed E-state index contributed by atoms with van der Waals surface area (Å²) in [6, 6.07) is 0. The Labute approximate surface area is 205 Å². The number of hydrogen-bond acceptors (Lipinski definition) is 8. The maximum atomic E-state index is 11.8. The lowest BCUT2D eigenvalue weighted by Crippen LogP contribution is -2.35. The predicted octanol–water partition coefficient (Wildman–Crippen LogP) is 2.81. The molecule has 0 aromatic heterocycles. The van der Waals surface area contributed by atoms with Crippen LogP contribution in [0.15, 0.2) is 0 Å². The summed E-state index contributed by atoms with van der Waals surface area (Å²) in [5.74, 6) is -0.132. The Bertz CT molecular complexity index is 496. The lowest BCUT2D eigenvalue weighted by molar-refractivity contribution is -0.121. The monoisotopic (exact) mass is 493 g/mol. The maximum Gasteiger partial charge on any atom is 0.407 e. The zero-order valence-electron chi connectivity index (χ0n) is 19.3. The first kappa shape index (κ1) is 36.2. The minimum absolute atomic E-state index is 0. The van der Waals surface area contributed by atoms with Crippen molar-refractivity contribution in [2.24, 2.45) is 0 Å². The van der Waals surface area contributed by atoms with E-state index in [0.717, 1.165) is 19.1 Å². The molecule has 0 fully saturated rings. The molecule has 0 saturated carbocycles. The van der Waals surface area contributed by atoms with Crippen molar-refractivity contribution in [3.05, 3.63) is 0 Å². The summed E-state index contributed by atoms with van der Waals surface area (Å²) in [5.41, 5.74) is 0. The van der Waals surface area contributed by atoms with Crippen molar-refractivity contribution in [1.29, 1.82) is 0 Å². The Morgan fingerprint density at radius 2 is 1.38 bits per heavy atom. The van der Waals surface area contributed by atoms with E-state index in [1.165, 1.54) is 0 Å². The molecule has 34 heavy (non-hydrogen) atoms. The molecule has 3 N–H and O–H groups in total. The Kier molecular flexibility index (Phi) is 28.6. The summed E-state index contributed by atoms with van der Waals surface area (Å²) < 4.78 is 21.1. The average molecular weight is 494 g/mol. The molecular weight excluding hydrogens is 446 g/mol. The lowest BCUT2D eigenvalue weighted by Gasteiger charge is -2.18. The highest BCUT2D eigenvalue weighted by Gasteiger charge is 2.15. The van der Waals surface area contributed by atoms with Crippen molar-refractivity contribution in [3.8, 4) is 0 Å². The number of unbranched alkanes of at least 4 members (excludes halogenated alkanes) is 1. The van der Waals surface area contributed by atoms with Crippen LogP contribution in [0.3, 0.4) is 0 Å². The van der Waals surface area contributed by atoms with Gasteiger partial charge in [0, 0.05) is 45.7 Å². The van der Waals surface area contributed by atoms with Crippen molar-refractivity contribution in [2.45, 2.75) is 73.3 Å². The molecule has 0 atom stereocenters. The van der Waals surface area contributed by atoms with Gasteiger partial charge in [0.2, 0.25) is 5.91 Å². The normalized spacial score (nSPS) is 9.85. The molecular formula is C23H47N3O8. The van der Waals surface area contributed by atoms with Crippen LogP contribution in [0.1, 0.15) is 67.2 Å². The number of carbonyl (C=O) groups is 4. The number of carbonyl (C=O) groups excluding carboxylic acids is 4. The van der Waals surface area contributed by atoms with E-state index in [1.54, 1.807) is 0 Å². The van der Waals surface area contributed by atoms with E-state index in [-0.39, 0.29) is 47.0 Å². The Morgan fingerprint density at radius 1 is 0.794 bits per heavy atom. The van der Waals surface area contributed by atoms with Crippen molar-refractivity contribution in [1.82, 2.24) is 16.0 Å². The standard InChI is InChI=1S/C21H39N3O8.2CH4/c1-3-9-23-20(27)31-16-18(17-32-21(28)24-10-4-2)30-14-7-8-19(26)22-11-15-29-13-6-5-12-25;;/h12,18H,3-11,13-17H2,1-2H3,(H,22,26)(H,23,27)(H,24,28);2*1H4. The van der Waals surface area contributed by atoms with Crippen LogP contribution < -0.4 is 16.0 Å². The number of amides is 3. The Balaban J connectivity index is -0.00000480. The van der Waals surface area contributed by atoms with Crippen LogP contribution in [0.25, 0.3) is 0 Å². The van der Waals surface area contributed by atoms with Crippen LogP contribution in [0, 0.1) is 0 Å². The van der Waals surface area contributed by atoms with Gasteiger partial charge in [-0.2, -0.15) is 0 Å². The number of rotatable bonds is 20. The minimum atomic E-state index is -0.641. The first-order valence-corrected chi connectivity index (χ1v) is 11.2. The van der Waals surface area contributed by atoms with Gasteiger partial charge in [-0.25, -0.2) is 9.59 Å². The SMILES string of the molecule is C.C.CCCNC(=O)OCC(COC(=O)NCCC)OCCCC(=O)NCCOCCCC=O. The van der Waals surface area contributed by atoms with Crippen LogP contribution in [-0.4, -0.2) is 83.2 Å². The summed E-state index contributed by atoms with van der Waals surface area (Å²) in [6.45, 7) is 6.19. The fraction of sp³-hybridized carbons (Fsp3) is 0.826. The van der Waals surface area contributed by atoms with Gasteiger partial charge in [-0.3, -0.25) is 4.79 Å². The molecule has 0 bridgehead atoms. The molecule has 0 aromatic rings. The topological polar surface area (TPSA) is 141 Å². The van der Waals surface area contributed by atoms with Crippen molar-refractivity contribution >= 4 is 24.4 Å². The van der Waals surface area contributed by atoms with E-state index in [2.05, 4.69) is 16.0 Å². The van der Waals surface area contributed by atoms with Gasteiger partial charge in [0.25, 0.3) is 0 Å². The van der Waals surface area contributed by atoms with E-state index >= 15 is 0 Å². The van der Waals surface area contributed by atoms with E-state index in [0.29, 0.717) is 52.1 Å². The van der Waals surface area contributed by atoms with Crippen LogP contribution in [0.2, 0.25) is 0 Å². The summed E-state index contributed by atoms with van der Waals surface area (Å²) >= 11 is 0. The fourth-order valence-electron chi connectivity index (χ4n) is 2.24. The zero-order chi connectivity index (χ0) is 23.9. The summed E-state index contributed by atoms with van der Waals surface area (Å²) in [5, 5.41) is 7.91. The molecule has 0 radical (unpaired) electrons. The second-order valence-corrected chi connectivity index (χ2v) is 6.92. The number of hydrogen-bond donors (Lipinski definition) is 3. The highest BCUT2D eigenvalue weighted by Crippen LogP contribution is 2.00. The van der Waals surface area contributed by atoms with Crippen molar-refractivity contribution in [2.75, 3.05) is 52.7 Å². The second kappa shape index (κ2) is 26.8. The molecule has 3 amide bonds. The third kappa shape index (κ3) is 24.2. The quantitative estimate of drug-likeness (QED) is 0.174. The molecule has 0 rings (SSSR count). The van der Waals surface area contributed by atoms with Crippen LogP contribution in [0.5, 0.6) is 0 Å². The minimum Gasteiger partial charge on any atom is -0.447 e. The van der Waals surface area contributed by atoms with Gasteiger partial charge in [0.1, 0.15) is 25.6 Å². The molecule has 0 aromatic carbocycles. The third-order valence-corrected chi connectivity index (χ3v) is 3.92. The van der Waals surface area contributed by atoms with Gasteiger partial charge in [0.05, 0.1) is 6.61 Å². The average Bonchev–Trinajstić information content (AvgIpc) is 2.79. The van der Waals surface area contributed by atoms with Crippen LogP contribution in [-0.2, 0) is 28.5 Å². The van der Waals surface area contributed by atoms with Gasteiger partial charge in [-0.1, -0.05) is 28.7 Å². The molecule has 0 aliphatic rings. The van der Waals surface area contributed by atoms with Crippen molar-refractivity contribution in [3.63, 3.8) is 0 Å². The van der Waals surface area contributed by atoms with Gasteiger partial charge in [-0.05, 0) is 25.7 Å². The highest BCUT2D eigenvalue weighted by atomic mass is 16.6. The Morgan fingerprint density at radius 3 is 1.91 bits per heavy atom. The zero-order valence-corrected chi connectivity index (χ0v) is 19.3. The summed E-state index contributed by atoms with van der Waals surface area (Å²) in [6.07, 6.45) is 2.48. The highest BCUT2D eigenvalue weighted by molar-refractivity contribution is 5.75. The number of aldehydes is 1. The first-order valence-electron chi connectivity index (χ1n) is 11.2. The Hall–Kier alpha value is -2.40. The number of alkyl carbamates (subject to hydrolysis) is 2. The molecule has 0 saturated heterocycles. The molecule has 0 aliphatic heterocycles. The van der Waals surface area contributed by atoms with E-state index in [4.69, 9.17) is 18.9 Å². The largest absolute Gasteiger partial charge is 0.447 e. The molecule has 11 nitrogen and oxygen atoms in total. The number of ether oxygens (including phenoxy) is 4. The van der Waals surface area contributed by atoms with Crippen molar-refractivity contribution < 1.29 is 38.1 Å². The second-order valence-electron chi connectivity index (χ2n) is 6.92. The third-order valence-electron chi connectivity index (χ3n) is 3.92. The molecule has 0 aliphatic carbocycles. The molecule has 0 spiro atoms. The molecule has 11 heteroatoms. The van der Waals surface area contributed by atoms with Gasteiger partial charge >= 0.3 is 12.2 Å². The lowest BCUT2D eigenvalue weighted by atomic mass is 10.3. The van der Waals surface area contributed by atoms with E-state index in [9.17, 15) is 19.2 Å². The molecule has 202 valence electrons. The molecule has 0 unspecified atom stereocenters.